The Labute approximate surface area is 107 Å². The lowest BCUT2D eigenvalue weighted by Crippen LogP contribution is -2.31. The first kappa shape index (κ1) is 14.3. The van der Waals surface area contributed by atoms with Gasteiger partial charge in [0.1, 0.15) is 5.75 Å². The summed E-state index contributed by atoms with van der Waals surface area (Å²) < 4.78 is 5.44. The van der Waals surface area contributed by atoms with Crippen LogP contribution in [0.2, 0.25) is 5.02 Å². The summed E-state index contributed by atoms with van der Waals surface area (Å²) in [6.45, 7) is 2.83. The maximum absolute atomic E-state index is 10.1. The van der Waals surface area contributed by atoms with Crippen LogP contribution in [0.25, 0.3) is 0 Å². The summed E-state index contributed by atoms with van der Waals surface area (Å²) in [7, 11) is 0. The van der Waals surface area contributed by atoms with E-state index in [2.05, 4.69) is 0 Å². The van der Waals surface area contributed by atoms with E-state index in [1.54, 1.807) is 18.2 Å². The molecule has 0 saturated heterocycles. The molecule has 0 fully saturated rings. The van der Waals surface area contributed by atoms with Gasteiger partial charge in [-0.25, -0.2) is 0 Å². The minimum atomic E-state index is -0.821. The fraction of sp³-hybridized carbons (Fsp3) is 0.500. The van der Waals surface area contributed by atoms with E-state index in [1.807, 2.05) is 6.92 Å². The standard InChI is InChI=1S/C12H19ClN2O2/c1-2-17-11-4-3-8(13)7-9(11)12(16)10(15)5-6-14/h3-4,7,10,12,16H,2,5-6,14-15H2,1H3. The van der Waals surface area contributed by atoms with Crippen LogP contribution in [0, 0.1) is 0 Å². The normalized spacial score (nSPS) is 14.4. The van der Waals surface area contributed by atoms with E-state index in [1.165, 1.54) is 0 Å². The summed E-state index contributed by atoms with van der Waals surface area (Å²) in [5.41, 5.74) is 11.9. The van der Waals surface area contributed by atoms with E-state index in [4.69, 9.17) is 27.8 Å². The molecule has 2 atom stereocenters. The second kappa shape index (κ2) is 6.81. The molecule has 4 nitrogen and oxygen atoms in total. The highest BCUT2D eigenvalue weighted by atomic mass is 35.5. The van der Waals surface area contributed by atoms with Crippen molar-refractivity contribution in [1.29, 1.82) is 0 Å². The lowest BCUT2D eigenvalue weighted by molar-refractivity contribution is 0.138. The Bertz CT molecular complexity index is 360. The molecule has 0 aromatic heterocycles. The molecule has 96 valence electrons. The van der Waals surface area contributed by atoms with E-state index in [-0.39, 0.29) is 0 Å². The zero-order chi connectivity index (χ0) is 12.8. The average Bonchev–Trinajstić information content (AvgIpc) is 2.31. The smallest absolute Gasteiger partial charge is 0.125 e. The van der Waals surface area contributed by atoms with Gasteiger partial charge in [-0.3, -0.25) is 0 Å². The monoisotopic (exact) mass is 258 g/mol. The van der Waals surface area contributed by atoms with Gasteiger partial charge >= 0.3 is 0 Å². The first-order chi connectivity index (χ1) is 8.10. The number of hydrogen-bond donors (Lipinski definition) is 3. The second-order valence-corrected chi connectivity index (χ2v) is 4.24. The summed E-state index contributed by atoms with van der Waals surface area (Å²) in [5.74, 6) is 0.608. The largest absolute Gasteiger partial charge is 0.493 e. The SMILES string of the molecule is CCOc1ccc(Cl)cc1C(O)C(N)CCN. The van der Waals surface area contributed by atoms with Crippen LogP contribution >= 0.6 is 11.6 Å². The molecule has 0 heterocycles. The van der Waals surface area contributed by atoms with Crippen LogP contribution in [0.15, 0.2) is 18.2 Å². The van der Waals surface area contributed by atoms with Gasteiger partial charge in [0.05, 0.1) is 12.7 Å². The number of halogens is 1. The second-order valence-electron chi connectivity index (χ2n) is 3.80. The van der Waals surface area contributed by atoms with E-state index in [9.17, 15) is 5.11 Å². The third-order valence-electron chi connectivity index (χ3n) is 2.50. The summed E-state index contributed by atoms with van der Waals surface area (Å²) in [6, 6.07) is 4.71. The molecule has 5 N–H and O–H groups in total. The Balaban J connectivity index is 2.96. The van der Waals surface area contributed by atoms with Crippen molar-refractivity contribution in [3.63, 3.8) is 0 Å². The van der Waals surface area contributed by atoms with Crippen LogP contribution in [0.5, 0.6) is 5.75 Å². The highest BCUT2D eigenvalue weighted by Crippen LogP contribution is 2.30. The first-order valence-corrected chi connectivity index (χ1v) is 6.03. The molecule has 0 saturated carbocycles. The molecule has 2 unspecified atom stereocenters. The first-order valence-electron chi connectivity index (χ1n) is 5.66. The molecule has 0 aliphatic rings. The Kier molecular flexibility index (Phi) is 5.71. The maximum Gasteiger partial charge on any atom is 0.125 e. The quantitative estimate of drug-likeness (QED) is 0.721. The number of ether oxygens (including phenoxy) is 1. The number of benzene rings is 1. The fourth-order valence-electron chi connectivity index (χ4n) is 1.62. The predicted molar refractivity (Wildman–Crippen MR) is 69.2 cm³/mol. The lowest BCUT2D eigenvalue weighted by Gasteiger charge is -2.21. The Hall–Kier alpha value is -0.810. The van der Waals surface area contributed by atoms with Gasteiger partial charge in [-0.2, -0.15) is 0 Å². The molecule has 0 spiro atoms. The van der Waals surface area contributed by atoms with Crippen LogP contribution in [0.3, 0.4) is 0 Å². The molecular formula is C12H19ClN2O2. The molecule has 0 radical (unpaired) electrons. The number of aliphatic hydroxyl groups excluding tert-OH is 1. The number of nitrogens with two attached hydrogens (primary N) is 2. The van der Waals surface area contributed by atoms with E-state index < -0.39 is 12.1 Å². The van der Waals surface area contributed by atoms with Crippen molar-refractivity contribution in [2.75, 3.05) is 13.2 Å². The van der Waals surface area contributed by atoms with Crippen molar-refractivity contribution in [3.8, 4) is 5.75 Å². The molecule has 0 bridgehead atoms. The zero-order valence-corrected chi connectivity index (χ0v) is 10.7. The topological polar surface area (TPSA) is 81.5 Å². The summed E-state index contributed by atoms with van der Waals surface area (Å²) in [5, 5.41) is 10.7. The van der Waals surface area contributed by atoms with Gasteiger partial charge in [0, 0.05) is 16.6 Å². The van der Waals surface area contributed by atoms with Crippen molar-refractivity contribution >= 4 is 11.6 Å². The summed E-state index contributed by atoms with van der Waals surface area (Å²) in [4.78, 5) is 0. The van der Waals surface area contributed by atoms with E-state index in [0.717, 1.165) is 0 Å². The van der Waals surface area contributed by atoms with Crippen molar-refractivity contribution < 1.29 is 9.84 Å². The van der Waals surface area contributed by atoms with E-state index in [0.29, 0.717) is 35.9 Å². The lowest BCUT2D eigenvalue weighted by atomic mass is 9.99. The molecule has 1 aromatic rings. The molecule has 1 rings (SSSR count). The van der Waals surface area contributed by atoms with Gasteiger partial charge < -0.3 is 21.3 Å². The molecule has 0 aliphatic carbocycles. The Morgan fingerprint density at radius 3 is 2.76 bits per heavy atom. The molecule has 0 amide bonds. The fourth-order valence-corrected chi connectivity index (χ4v) is 1.80. The van der Waals surface area contributed by atoms with Crippen LogP contribution in [0.1, 0.15) is 25.0 Å². The van der Waals surface area contributed by atoms with Crippen LogP contribution in [-0.2, 0) is 0 Å². The van der Waals surface area contributed by atoms with Crippen molar-refractivity contribution in [2.45, 2.75) is 25.5 Å². The van der Waals surface area contributed by atoms with Crippen molar-refractivity contribution in [2.24, 2.45) is 11.5 Å². The molecular weight excluding hydrogens is 240 g/mol. The van der Waals surface area contributed by atoms with Crippen molar-refractivity contribution in [3.05, 3.63) is 28.8 Å². The van der Waals surface area contributed by atoms with E-state index >= 15 is 0 Å². The average molecular weight is 259 g/mol. The Morgan fingerprint density at radius 1 is 1.47 bits per heavy atom. The number of aliphatic hydroxyl groups is 1. The molecule has 17 heavy (non-hydrogen) atoms. The predicted octanol–water partition coefficient (Wildman–Crippen LogP) is 1.45. The summed E-state index contributed by atoms with van der Waals surface area (Å²) in [6.07, 6.45) is -0.280. The van der Waals surface area contributed by atoms with Crippen molar-refractivity contribution in [1.82, 2.24) is 0 Å². The maximum atomic E-state index is 10.1. The Morgan fingerprint density at radius 2 is 2.18 bits per heavy atom. The molecule has 1 aromatic carbocycles. The zero-order valence-electron chi connectivity index (χ0n) is 9.90. The number of hydrogen-bond acceptors (Lipinski definition) is 4. The van der Waals surface area contributed by atoms with Crippen LogP contribution < -0.4 is 16.2 Å². The number of rotatable bonds is 6. The van der Waals surface area contributed by atoms with Crippen LogP contribution in [0.4, 0.5) is 0 Å². The van der Waals surface area contributed by atoms with Gasteiger partial charge in [0.15, 0.2) is 0 Å². The third kappa shape index (κ3) is 3.85. The summed E-state index contributed by atoms with van der Waals surface area (Å²) >= 11 is 5.91. The highest BCUT2D eigenvalue weighted by molar-refractivity contribution is 6.30. The van der Waals surface area contributed by atoms with Gasteiger partial charge in [-0.15, -0.1) is 0 Å². The highest BCUT2D eigenvalue weighted by Gasteiger charge is 2.20. The minimum Gasteiger partial charge on any atom is -0.493 e. The molecule has 5 heteroatoms. The van der Waals surface area contributed by atoms with Crippen LogP contribution in [-0.4, -0.2) is 24.3 Å². The van der Waals surface area contributed by atoms with Gasteiger partial charge in [-0.05, 0) is 38.1 Å². The third-order valence-corrected chi connectivity index (χ3v) is 2.73. The van der Waals surface area contributed by atoms with Gasteiger partial charge in [0.2, 0.25) is 0 Å². The van der Waals surface area contributed by atoms with Gasteiger partial charge in [0.25, 0.3) is 0 Å². The minimum absolute atomic E-state index is 0.419. The molecule has 0 aliphatic heterocycles. The van der Waals surface area contributed by atoms with Gasteiger partial charge in [-0.1, -0.05) is 11.6 Å².